The Balaban J connectivity index is 1.21. The van der Waals surface area contributed by atoms with Crippen LogP contribution in [0.4, 0.5) is 4.79 Å². The van der Waals surface area contributed by atoms with E-state index in [1.165, 1.54) is 11.0 Å². The number of benzene rings is 1. The number of hydrogen-bond donors (Lipinski definition) is 3. The summed E-state index contributed by atoms with van der Waals surface area (Å²) in [6.45, 7) is 4.04. The number of ether oxygens (including phenoxy) is 2. The van der Waals surface area contributed by atoms with Crippen LogP contribution in [0.3, 0.4) is 0 Å². The lowest BCUT2D eigenvalue weighted by Crippen LogP contribution is -2.59. The fraction of sp³-hybridized carbons (Fsp3) is 0.564. The lowest BCUT2D eigenvalue weighted by Gasteiger charge is -2.34. The van der Waals surface area contributed by atoms with Crippen LogP contribution in [0.15, 0.2) is 49.2 Å². The third-order valence-electron chi connectivity index (χ3n) is 11.3. The number of nitrogens with zero attached hydrogens (tertiary/aromatic N) is 2. The molecule has 5 aliphatic rings. The summed E-state index contributed by atoms with van der Waals surface area (Å²) in [4.78, 5) is 61.7. The number of hydrogen-bond acceptors (Lipinski definition) is 9. The second-order valence-corrected chi connectivity index (χ2v) is 17.1. The molecule has 2 aliphatic heterocycles. The first-order chi connectivity index (χ1) is 25.6. The number of fused-ring (bicyclic) bond motifs is 3. The van der Waals surface area contributed by atoms with E-state index in [9.17, 15) is 27.6 Å². The molecule has 3 saturated carbocycles. The second-order valence-electron chi connectivity index (χ2n) is 15.2. The minimum atomic E-state index is -3.88. The number of nitrogens with one attached hydrogen (secondary N) is 3. The van der Waals surface area contributed by atoms with E-state index in [2.05, 4.69) is 39.1 Å². The van der Waals surface area contributed by atoms with Crippen LogP contribution in [0.1, 0.15) is 89.0 Å². The molecule has 0 spiro atoms. The lowest BCUT2D eigenvalue weighted by molar-refractivity contribution is -0.142. The number of alkyl carbamates (subject to hydrolysis) is 1. The Morgan fingerprint density at radius 3 is 2.58 bits per heavy atom. The molecule has 4 fully saturated rings. The quantitative estimate of drug-likeness (QED) is 0.345. The Morgan fingerprint density at radius 1 is 1.04 bits per heavy atom. The van der Waals surface area contributed by atoms with Crippen LogP contribution in [0.25, 0.3) is 16.8 Å². The van der Waals surface area contributed by atoms with E-state index >= 15 is 0 Å². The van der Waals surface area contributed by atoms with Crippen LogP contribution < -0.4 is 20.1 Å². The fourth-order valence-corrected chi connectivity index (χ4v) is 9.39. The number of carbonyl (C=O) groups is 4. The molecule has 1 aromatic carbocycles. The van der Waals surface area contributed by atoms with Crippen molar-refractivity contribution < 1.29 is 37.1 Å². The summed E-state index contributed by atoms with van der Waals surface area (Å²) in [6.07, 6.45) is 14.9. The van der Waals surface area contributed by atoms with Gasteiger partial charge in [-0.3, -0.25) is 19.1 Å². The predicted molar refractivity (Wildman–Crippen MR) is 198 cm³/mol. The Hall–Kier alpha value is -4.46. The first-order valence-corrected chi connectivity index (χ1v) is 20.6. The Kier molecular flexibility index (Phi) is 10.8. The van der Waals surface area contributed by atoms with E-state index in [0.717, 1.165) is 67.7 Å². The molecule has 53 heavy (non-hydrogen) atoms. The molecule has 3 N–H and O–H groups in total. The molecule has 284 valence electrons. The largest absolute Gasteiger partial charge is 0.472 e. The predicted octanol–water partition coefficient (Wildman–Crippen LogP) is 4.51. The second kappa shape index (κ2) is 15.5. The molecule has 7 rings (SSSR count). The molecule has 4 amide bonds. The van der Waals surface area contributed by atoms with E-state index in [-0.39, 0.29) is 31.9 Å². The van der Waals surface area contributed by atoms with Crippen molar-refractivity contribution in [3.63, 3.8) is 0 Å². The van der Waals surface area contributed by atoms with Gasteiger partial charge in [0.15, 0.2) is 0 Å². The zero-order chi connectivity index (χ0) is 37.2. The Morgan fingerprint density at radius 2 is 1.83 bits per heavy atom. The number of sulfonamides is 1. The summed E-state index contributed by atoms with van der Waals surface area (Å²) < 4.78 is 39.7. The van der Waals surface area contributed by atoms with Gasteiger partial charge in [0.1, 0.15) is 23.7 Å². The maximum Gasteiger partial charge on any atom is 0.407 e. The summed E-state index contributed by atoms with van der Waals surface area (Å²) in [6, 6.07) is 5.92. The van der Waals surface area contributed by atoms with E-state index in [0.29, 0.717) is 25.1 Å². The topological polar surface area (TPSA) is 173 Å². The number of allylic oxidation sites excluding steroid dienone is 1. The van der Waals surface area contributed by atoms with Gasteiger partial charge in [0.05, 0.1) is 18.4 Å². The number of amides is 4. The van der Waals surface area contributed by atoms with Gasteiger partial charge in [0.2, 0.25) is 27.7 Å². The number of rotatable bonds is 7. The monoisotopic (exact) mass is 747 g/mol. The summed E-state index contributed by atoms with van der Waals surface area (Å²) in [5.74, 6) is -2.15. The number of cyclic esters (lactones) is 1. The fourth-order valence-electron chi connectivity index (χ4n) is 8.03. The van der Waals surface area contributed by atoms with Crippen molar-refractivity contribution in [3.05, 3.63) is 54.8 Å². The highest BCUT2D eigenvalue weighted by Crippen LogP contribution is 2.45. The molecule has 5 atom stereocenters. The molecule has 13 nitrogen and oxygen atoms in total. The van der Waals surface area contributed by atoms with Gasteiger partial charge in [0.25, 0.3) is 5.91 Å². The van der Waals surface area contributed by atoms with Crippen molar-refractivity contribution in [1.82, 2.24) is 25.2 Å². The highest BCUT2D eigenvalue weighted by Gasteiger charge is 2.62. The highest BCUT2D eigenvalue weighted by molar-refractivity contribution is 7.91. The van der Waals surface area contributed by atoms with Crippen LogP contribution in [-0.2, 0) is 29.1 Å². The molecule has 0 radical (unpaired) electrons. The number of carbonyl (C=O) groups excluding carboxylic acids is 4. The molecular weight excluding hydrogens is 699 g/mol. The van der Waals surface area contributed by atoms with E-state index in [1.54, 1.807) is 6.20 Å². The standard InChI is InChI=1S/C39H49N5O8S/c1-2-28-23-39(28,37(47)43-53(49,50)30-16-17-30)42-34(45)32-22-29-24-44(32)36(46)33(27-12-8-6-9-13-27)41-38(48)51-20-10-5-3-4-7-11-25-14-15-26-18-19-40-35(52-29)31(26)21-25/h2,7,11,14-15,18-19,21,27-30,32-33H,1,3-6,8-10,12-13,16-17,20,22-24H2,(H,41,48)(H,42,45)(H,43,47)/b11-7-. The molecule has 14 heteroatoms. The number of aromatic nitrogens is 1. The van der Waals surface area contributed by atoms with Gasteiger partial charge >= 0.3 is 6.09 Å². The third kappa shape index (κ3) is 8.22. The maximum absolute atomic E-state index is 14.7. The maximum atomic E-state index is 14.7. The first-order valence-electron chi connectivity index (χ1n) is 19.0. The Labute approximate surface area is 310 Å². The average molecular weight is 748 g/mol. The van der Waals surface area contributed by atoms with Crippen LogP contribution in [-0.4, -0.2) is 84.2 Å². The normalized spacial score (nSPS) is 29.3. The van der Waals surface area contributed by atoms with Crippen molar-refractivity contribution in [2.75, 3.05) is 13.2 Å². The molecule has 1 saturated heterocycles. The molecule has 5 unspecified atom stereocenters. The van der Waals surface area contributed by atoms with Gasteiger partial charge in [-0.05, 0) is 86.8 Å². The van der Waals surface area contributed by atoms with Crippen LogP contribution in [0.2, 0.25) is 0 Å². The number of pyridine rings is 1. The van der Waals surface area contributed by atoms with Gasteiger partial charge in [0, 0.05) is 23.9 Å². The van der Waals surface area contributed by atoms with Crippen LogP contribution >= 0.6 is 0 Å². The summed E-state index contributed by atoms with van der Waals surface area (Å²) in [7, 11) is -3.88. The van der Waals surface area contributed by atoms with E-state index in [4.69, 9.17) is 9.47 Å². The molecule has 4 bridgehead atoms. The molecule has 1 aromatic heterocycles. The minimum absolute atomic E-state index is 0.0225. The van der Waals surface area contributed by atoms with E-state index < -0.39 is 68.7 Å². The summed E-state index contributed by atoms with van der Waals surface area (Å²) >= 11 is 0. The third-order valence-corrected chi connectivity index (χ3v) is 13.2. The van der Waals surface area contributed by atoms with Gasteiger partial charge in [-0.25, -0.2) is 18.2 Å². The van der Waals surface area contributed by atoms with Crippen molar-refractivity contribution in [3.8, 4) is 5.88 Å². The Bertz CT molecular complexity index is 1890. The van der Waals surface area contributed by atoms with Crippen molar-refractivity contribution >= 4 is 50.7 Å². The smallest absolute Gasteiger partial charge is 0.407 e. The van der Waals surface area contributed by atoms with Crippen molar-refractivity contribution in [1.29, 1.82) is 0 Å². The summed E-state index contributed by atoms with van der Waals surface area (Å²) in [5.41, 5.74) is -0.543. The highest BCUT2D eigenvalue weighted by atomic mass is 32.2. The zero-order valence-corrected chi connectivity index (χ0v) is 30.8. The molecule has 2 aromatic rings. The SMILES string of the molecule is C=CC1CC1(NC(=O)C1CC2CN1C(=O)C(C1CCCCC1)NC(=O)OCCCCC/C=C\c1ccc3ccnc(c3c1)O2)C(=O)NS(=O)(=O)C1CC1. The average Bonchev–Trinajstić information content (AvgIpc) is 4.08. The van der Waals surface area contributed by atoms with Gasteiger partial charge in [-0.15, -0.1) is 6.58 Å². The van der Waals surface area contributed by atoms with E-state index in [1.807, 2.05) is 24.3 Å². The minimum Gasteiger partial charge on any atom is -0.472 e. The van der Waals surface area contributed by atoms with Crippen molar-refractivity contribution in [2.24, 2.45) is 11.8 Å². The van der Waals surface area contributed by atoms with Crippen LogP contribution in [0.5, 0.6) is 5.88 Å². The first kappa shape index (κ1) is 36.9. The van der Waals surface area contributed by atoms with Crippen molar-refractivity contribution in [2.45, 2.75) is 112 Å². The summed E-state index contributed by atoms with van der Waals surface area (Å²) in [5, 5.41) is 6.80. The molecular formula is C39H49N5O8S. The van der Waals surface area contributed by atoms with Gasteiger partial charge in [-0.1, -0.05) is 49.6 Å². The van der Waals surface area contributed by atoms with Gasteiger partial charge < -0.3 is 25.0 Å². The molecule has 3 heterocycles. The van der Waals surface area contributed by atoms with Crippen LogP contribution in [0, 0.1) is 11.8 Å². The zero-order valence-electron chi connectivity index (χ0n) is 30.0. The van der Waals surface area contributed by atoms with Gasteiger partial charge in [-0.2, -0.15) is 0 Å². The molecule has 3 aliphatic carbocycles. The lowest BCUT2D eigenvalue weighted by atomic mass is 9.83.